The van der Waals surface area contributed by atoms with Gasteiger partial charge in [-0.3, -0.25) is 4.99 Å². The van der Waals surface area contributed by atoms with E-state index in [0.29, 0.717) is 72.8 Å². The van der Waals surface area contributed by atoms with E-state index in [9.17, 15) is 20.4 Å². The molecule has 5 heterocycles. The van der Waals surface area contributed by atoms with Crippen molar-refractivity contribution in [1.82, 2.24) is 10.6 Å². The van der Waals surface area contributed by atoms with Crippen LogP contribution in [0.4, 0.5) is 0 Å². The molecular formula is C58H80N4O7. The number of ether oxygens (including phenoxy) is 3. The Morgan fingerprint density at radius 2 is 1.74 bits per heavy atom. The maximum absolute atomic E-state index is 12.4. The van der Waals surface area contributed by atoms with Crippen LogP contribution in [0.25, 0.3) is 11.1 Å². The number of nitrogens with two attached hydrogens (primary N) is 1. The molecule has 13 atom stereocenters. The van der Waals surface area contributed by atoms with Crippen molar-refractivity contribution < 1.29 is 34.6 Å². The molecule has 12 bridgehead atoms. The Morgan fingerprint density at radius 1 is 0.928 bits per heavy atom. The number of allylic oxidation sites excluding steroid dienone is 2. The molecule has 0 amide bonds. The Labute approximate surface area is 410 Å². The summed E-state index contributed by atoms with van der Waals surface area (Å²) >= 11 is 0. The van der Waals surface area contributed by atoms with Crippen LogP contribution in [-0.4, -0.2) is 78.5 Å². The minimum Gasteiger partial charge on any atom is -0.508 e. The minimum absolute atomic E-state index is 0.0381. The monoisotopic (exact) mass is 945 g/mol. The van der Waals surface area contributed by atoms with E-state index >= 15 is 0 Å². The molecule has 11 nitrogen and oxygen atoms in total. The normalized spacial score (nSPS) is 34.1. The Hall–Kier alpha value is -4.45. The molecule has 0 radical (unpaired) electrons. The summed E-state index contributed by atoms with van der Waals surface area (Å²) in [6.45, 7) is 8.91. The number of aliphatic hydroxyl groups excluding tert-OH is 2. The van der Waals surface area contributed by atoms with Crippen LogP contribution >= 0.6 is 0 Å². The largest absolute Gasteiger partial charge is 0.508 e. The average Bonchev–Trinajstić information content (AvgIpc) is 3.74. The first-order valence-corrected chi connectivity index (χ1v) is 26.8. The summed E-state index contributed by atoms with van der Waals surface area (Å²) in [5.41, 5.74) is 13.8. The van der Waals surface area contributed by atoms with E-state index in [1.165, 1.54) is 18.4 Å². The van der Waals surface area contributed by atoms with Gasteiger partial charge in [0.2, 0.25) is 0 Å². The number of guanidine groups is 1. The van der Waals surface area contributed by atoms with Crippen molar-refractivity contribution in [2.45, 2.75) is 147 Å². The van der Waals surface area contributed by atoms with E-state index in [4.69, 9.17) is 24.9 Å². The SMILES string of the molecule is CCC1CC2C=CC1CC(O)CCCNC(N)=NCC1CCC3CCC4(CCC(CNC)C4)C1C3Oc1cc(ccc1O)C1Oc3cc(OC)c4c(c3CC1O)C2Cc1cc(O)c(CC(C)C)cc1-4. The van der Waals surface area contributed by atoms with Gasteiger partial charge in [-0.2, -0.15) is 0 Å². The fraction of sp³-hybridized carbons (Fsp3) is 0.638. The third-order valence-electron chi connectivity index (χ3n) is 18.3. The fourth-order valence-electron chi connectivity index (χ4n) is 15.1. The van der Waals surface area contributed by atoms with Crippen LogP contribution in [-0.2, 0) is 19.3 Å². The molecule has 374 valence electrons. The molecule has 13 rings (SSSR count). The Bertz CT molecular complexity index is 2400. The van der Waals surface area contributed by atoms with Crippen molar-refractivity contribution in [3.05, 3.63) is 76.4 Å². The quantitative estimate of drug-likeness (QED) is 0.118. The third-order valence-corrected chi connectivity index (χ3v) is 18.3. The maximum Gasteiger partial charge on any atom is 0.188 e. The van der Waals surface area contributed by atoms with Gasteiger partial charge < -0.3 is 51.0 Å². The van der Waals surface area contributed by atoms with Gasteiger partial charge in [0, 0.05) is 42.6 Å². The van der Waals surface area contributed by atoms with Gasteiger partial charge in [0.1, 0.15) is 29.5 Å². The summed E-state index contributed by atoms with van der Waals surface area (Å²) in [4.78, 5) is 5.00. The smallest absolute Gasteiger partial charge is 0.188 e. The van der Waals surface area contributed by atoms with Gasteiger partial charge in [-0.1, -0.05) is 45.4 Å². The standard InChI is InChI=1S/C58H80N4O7/c1-6-34-21-37-11-10-36(34)22-42(63)8-7-19-61-57(59)62-31-39-12-9-35-16-18-58(17-15-33(29-58)30-60-4)54(39)56(35)69-50-26-38(13-14-46(50)64)55-48(66)27-45-49(68-55)28-51(67-5)53-44-24-41(20-32(2)3)47(65)25-40(44)23-43(37)52(45)53/h10-11,13-14,24-26,28,32-37,39,42-43,48,54-56,60,63-66H,6-9,12,15-23,27,29-31H2,1-5H3,(H3,59,61,62). The molecule has 8 N–H and O–H groups in total. The lowest BCUT2D eigenvalue weighted by molar-refractivity contribution is -0.105. The van der Waals surface area contributed by atoms with E-state index in [1.807, 2.05) is 24.3 Å². The second-order valence-electron chi connectivity index (χ2n) is 23.0. The molecule has 3 aromatic carbocycles. The number of aromatic hydroxyl groups is 2. The average molecular weight is 945 g/mol. The first-order chi connectivity index (χ1) is 33.4. The van der Waals surface area contributed by atoms with Crippen LogP contribution in [0.5, 0.6) is 28.7 Å². The number of hydrogen-bond donors (Lipinski definition) is 7. The molecule has 69 heavy (non-hydrogen) atoms. The summed E-state index contributed by atoms with van der Waals surface area (Å²) in [5.74, 6) is 5.50. The molecule has 13 unspecified atom stereocenters. The van der Waals surface area contributed by atoms with Crippen molar-refractivity contribution in [1.29, 1.82) is 0 Å². The number of hydrogen-bond acceptors (Lipinski definition) is 11. The molecule has 0 saturated heterocycles. The van der Waals surface area contributed by atoms with E-state index < -0.39 is 18.3 Å². The molecule has 3 fully saturated rings. The summed E-state index contributed by atoms with van der Waals surface area (Å²) in [6.07, 6.45) is 16.6. The van der Waals surface area contributed by atoms with Crippen LogP contribution in [0.2, 0.25) is 0 Å². The number of aliphatic hydroxyl groups is 2. The lowest BCUT2D eigenvalue weighted by atomic mass is 9.52. The van der Waals surface area contributed by atoms with Crippen molar-refractivity contribution >= 4 is 5.96 Å². The predicted octanol–water partition coefficient (Wildman–Crippen LogP) is 9.51. The van der Waals surface area contributed by atoms with Crippen LogP contribution in [0, 0.1) is 52.8 Å². The number of rotatable bonds is 6. The maximum atomic E-state index is 12.4. The number of nitrogens with zero attached hydrogens (tertiary/aromatic N) is 1. The summed E-state index contributed by atoms with van der Waals surface area (Å²) in [6, 6.07) is 11.7. The van der Waals surface area contributed by atoms with Crippen molar-refractivity contribution in [2.75, 3.05) is 33.8 Å². The highest BCUT2D eigenvalue weighted by Crippen LogP contribution is 2.62. The van der Waals surface area contributed by atoms with Crippen molar-refractivity contribution in [3.63, 3.8) is 0 Å². The van der Waals surface area contributed by atoms with E-state index in [2.05, 4.69) is 56.7 Å². The van der Waals surface area contributed by atoms with E-state index in [1.54, 1.807) is 13.2 Å². The number of aliphatic imine (C=N–C) groups is 1. The van der Waals surface area contributed by atoms with Gasteiger partial charge >= 0.3 is 0 Å². The summed E-state index contributed by atoms with van der Waals surface area (Å²) < 4.78 is 20.6. The first kappa shape index (κ1) is 48.2. The van der Waals surface area contributed by atoms with Gasteiger partial charge in [-0.25, -0.2) is 0 Å². The lowest BCUT2D eigenvalue weighted by Crippen LogP contribution is -2.55. The van der Waals surface area contributed by atoms with Gasteiger partial charge in [-0.15, -0.1) is 0 Å². The molecule has 11 heteroatoms. The van der Waals surface area contributed by atoms with Crippen LogP contribution in [0.15, 0.2) is 53.5 Å². The van der Waals surface area contributed by atoms with Crippen LogP contribution in [0.1, 0.15) is 138 Å². The fourth-order valence-corrected chi connectivity index (χ4v) is 15.1. The van der Waals surface area contributed by atoms with Gasteiger partial charge in [-0.05, 0) is 202 Å². The Kier molecular flexibility index (Phi) is 14.0. The van der Waals surface area contributed by atoms with E-state index in [-0.39, 0.29) is 46.9 Å². The minimum atomic E-state index is -0.873. The molecule has 5 aliphatic heterocycles. The molecule has 5 aliphatic carbocycles. The Morgan fingerprint density at radius 3 is 2.54 bits per heavy atom. The number of phenolic OH excluding ortho intramolecular Hbond substituents is 2. The number of phenols is 2. The van der Waals surface area contributed by atoms with Crippen LogP contribution < -0.4 is 30.6 Å². The topological polar surface area (TPSA) is 171 Å². The highest BCUT2D eigenvalue weighted by Gasteiger charge is 2.58. The predicted molar refractivity (Wildman–Crippen MR) is 272 cm³/mol. The molecule has 0 aromatic heterocycles. The highest BCUT2D eigenvalue weighted by molar-refractivity contribution is 5.84. The lowest BCUT2D eigenvalue weighted by Gasteiger charge is -2.55. The van der Waals surface area contributed by atoms with Crippen molar-refractivity contribution in [2.24, 2.45) is 63.5 Å². The zero-order valence-corrected chi connectivity index (χ0v) is 41.9. The van der Waals surface area contributed by atoms with Crippen LogP contribution in [0.3, 0.4) is 0 Å². The molecule has 10 aliphatic rings. The molecule has 3 aromatic rings. The van der Waals surface area contributed by atoms with Gasteiger partial charge in [0.15, 0.2) is 17.5 Å². The summed E-state index contributed by atoms with van der Waals surface area (Å²) in [7, 11) is 3.78. The zero-order chi connectivity index (χ0) is 48.1. The zero-order valence-electron chi connectivity index (χ0n) is 41.9. The highest BCUT2D eigenvalue weighted by atomic mass is 16.5. The number of benzene rings is 3. The number of methoxy groups -OCH3 is 1. The van der Waals surface area contributed by atoms with Gasteiger partial charge in [0.05, 0.1) is 19.3 Å². The van der Waals surface area contributed by atoms with Crippen molar-refractivity contribution in [3.8, 4) is 39.9 Å². The first-order valence-electron chi connectivity index (χ1n) is 26.8. The van der Waals surface area contributed by atoms with E-state index in [0.717, 1.165) is 116 Å². The third kappa shape index (κ3) is 9.34. The molecule has 1 spiro atoms. The second kappa shape index (κ2) is 20.0. The van der Waals surface area contributed by atoms with Gasteiger partial charge in [0.25, 0.3) is 0 Å². The second-order valence-corrected chi connectivity index (χ2v) is 23.0. The Balaban J connectivity index is 1.07. The molecular weight excluding hydrogens is 865 g/mol. The summed E-state index contributed by atoms with van der Waals surface area (Å²) in [5, 5.41) is 53.8. The molecule has 3 saturated carbocycles. The number of nitrogens with one attached hydrogen (secondary N) is 2. The number of fused-ring (bicyclic) bond motifs is 2.